The van der Waals surface area contributed by atoms with E-state index in [1.165, 1.54) is 0 Å². The van der Waals surface area contributed by atoms with Crippen LogP contribution in [0.5, 0.6) is 0 Å². The van der Waals surface area contributed by atoms with Crippen LogP contribution >= 0.6 is 0 Å². The van der Waals surface area contributed by atoms with Gasteiger partial charge in [0.2, 0.25) is 5.91 Å². The maximum Gasteiger partial charge on any atom is 0.329 e. The normalized spacial score (nSPS) is 13.2. The van der Waals surface area contributed by atoms with Crippen molar-refractivity contribution in [1.29, 1.82) is 0 Å². The zero-order valence-electron chi connectivity index (χ0n) is 39.1. The van der Waals surface area contributed by atoms with Gasteiger partial charge in [-0.25, -0.2) is 19.6 Å². The molecule has 0 saturated heterocycles. The van der Waals surface area contributed by atoms with Gasteiger partial charge in [0.1, 0.15) is 59.7 Å². The summed E-state index contributed by atoms with van der Waals surface area (Å²) in [5, 5.41) is 7.85. The summed E-state index contributed by atoms with van der Waals surface area (Å²) in [7, 11) is 0. The number of nitrogens with two attached hydrogens (primary N) is 1. The fraction of sp³-hybridized carbons (Fsp3) is 0.721. The summed E-state index contributed by atoms with van der Waals surface area (Å²) in [6, 6.07) is -2.46. The molecule has 0 aliphatic carbocycles. The largest absolute Gasteiger partial charge is 0.459 e. The Morgan fingerprint density at radius 3 is 1.60 bits per heavy atom. The minimum Gasteiger partial charge on any atom is -0.459 e. The van der Waals surface area contributed by atoms with Gasteiger partial charge in [-0.15, -0.1) is 0 Å². The number of nitrogens with zero attached hydrogens (tertiary/aromatic N) is 5. The Bertz CT molecular complexity index is 1690. The van der Waals surface area contributed by atoms with Gasteiger partial charge in [-0.05, 0) is 122 Å². The number of esters is 4. The molecule has 19 heteroatoms. The first-order valence-corrected chi connectivity index (χ1v) is 21.3. The van der Waals surface area contributed by atoms with Crippen molar-refractivity contribution in [3.8, 4) is 0 Å². The number of carbonyl (C=O) groups is 6. The number of hydrogen-bond acceptors (Lipinski definition) is 14. The minimum absolute atomic E-state index is 0.00652. The van der Waals surface area contributed by atoms with Crippen molar-refractivity contribution < 1.29 is 47.7 Å². The van der Waals surface area contributed by atoms with Gasteiger partial charge < -0.3 is 49.8 Å². The zero-order valence-corrected chi connectivity index (χ0v) is 39.1. The van der Waals surface area contributed by atoms with E-state index >= 15 is 0 Å². The topological polar surface area (TPSA) is 240 Å². The summed E-state index contributed by atoms with van der Waals surface area (Å²) >= 11 is 0. The van der Waals surface area contributed by atoms with Crippen LogP contribution in [0.4, 0.5) is 4.79 Å². The maximum atomic E-state index is 12.9. The highest BCUT2D eigenvalue weighted by Crippen LogP contribution is 2.16. The molecule has 5 N–H and O–H groups in total. The lowest BCUT2D eigenvalue weighted by Crippen LogP contribution is -2.49. The van der Waals surface area contributed by atoms with Gasteiger partial charge in [-0.1, -0.05) is 6.42 Å². The third kappa shape index (κ3) is 23.3. The molecule has 2 aromatic rings. The molecule has 3 amide bonds. The lowest BCUT2D eigenvalue weighted by molar-refractivity contribution is -0.158. The summed E-state index contributed by atoms with van der Waals surface area (Å²) in [5.74, 6) is -1.03. The maximum absolute atomic E-state index is 12.9. The van der Waals surface area contributed by atoms with E-state index in [0.717, 1.165) is 0 Å². The van der Waals surface area contributed by atoms with Crippen LogP contribution in [0, 0.1) is 0 Å². The van der Waals surface area contributed by atoms with Crippen molar-refractivity contribution >= 4 is 35.8 Å². The third-order valence-corrected chi connectivity index (χ3v) is 8.38. The van der Waals surface area contributed by atoms with Crippen LogP contribution in [0.15, 0.2) is 24.8 Å². The van der Waals surface area contributed by atoms with E-state index in [-0.39, 0.29) is 43.9 Å². The molecule has 2 aromatic heterocycles. The van der Waals surface area contributed by atoms with Crippen LogP contribution in [-0.2, 0) is 69.1 Å². The van der Waals surface area contributed by atoms with E-state index in [0.29, 0.717) is 69.9 Å². The fourth-order valence-electron chi connectivity index (χ4n) is 5.92. The van der Waals surface area contributed by atoms with E-state index in [9.17, 15) is 28.8 Å². The van der Waals surface area contributed by atoms with Gasteiger partial charge in [-0.2, -0.15) is 0 Å². The number of amides is 3. The van der Waals surface area contributed by atoms with E-state index in [1.54, 1.807) is 75.5 Å². The highest BCUT2D eigenvalue weighted by Gasteiger charge is 2.27. The predicted molar refractivity (Wildman–Crippen MR) is 231 cm³/mol. The van der Waals surface area contributed by atoms with Gasteiger partial charge in [0.05, 0.1) is 19.1 Å². The highest BCUT2D eigenvalue weighted by atomic mass is 16.6. The van der Waals surface area contributed by atoms with Crippen molar-refractivity contribution in [2.75, 3.05) is 19.6 Å². The Labute approximate surface area is 366 Å². The molecule has 0 fully saturated rings. The summed E-state index contributed by atoms with van der Waals surface area (Å²) in [6.45, 7) is 22.4. The SMILES string of the molecule is CC(C)(C)OC(=O)CNC(=O)NC(CCCCNC(=O)C(N)CCCCN(Cc1nccn1CC(=O)OC(C)(C)C)Cc1nccn1CC(=O)OC(C)(C)C)C(=O)OC(C)(C)C. The number of nitrogens with one attached hydrogen (secondary N) is 3. The van der Waals surface area contributed by atoms with Crippen LogP contribution in [0.2, 0.25) is 0 Å². The Kier molecular flexibility index (Phi) is 20.5. The van der Waals surface area contributed by atoms with Crippen molar-refractivity contribution in [3.63, 3.8) is 0 Å². The predicted octanol–water partition coefficient (Wildman–Crippen LogP) is 3.90. The summed E-state index contributed by atoms with van der Waals surface area (Å²) in [4.78, 5) is 86.9. The number of hydrogen-bond donors (Lipinski definition) is 4. The zero-order chi connectivity index (χ0) is 46.9. The second-order valence-corrected chi connectivity index (χ2v) is 19.2. The Hall–Kier alpha value is -5.04. The van der Waals surface area contributed by atoms with Gasteiger partial charge in [0, 0.05) is 31.3 Å². The number of aromatic nitrogens is 4. The van der Waals surface area contributed by atoms with Crippen LogP contribution < -0.4 is 21.7 Å². The molecular formula is C43H73N9O10. The molecule has 2 atom stereocenters. The monoisotopic (exact) mass is 876 g/mol. The average Bonchev–Trinajstić information content (AvgIpc) is 3.73. The number of urea groups is 1. The first-order chi connectivity index (χ1) is 28.6. The average molecular weight is 876 g/mol. The fourth-order valence-corrected chi connectivity index (χ4v) is 5.92. The first kappa shape index (κ1) is 53.1. The van der Waals surface area contributed by atoms with Crippen molar-refractivity contribution in [2.45, 2.75) is 182 Å². The molecule has 0 aliphatic rings. The lowest BCUT2D eigenvalue weighted by Gasteiger charge is -2.25. The second kappa shape index (κ2) is 24.0. The third-order valence-electron chi connectivity index (χ3n) is 8.38. The van der Waals surface area contributed by atoms with Gasteiger partial charge >= 0.3 is 29.9 Å². The van der Waals surface area contributed by atoms with Crippen LogP contribution in [0.1, 0.15) is 133 Å². The standard InChI is InChI=1S/C43H73N9O10/c1-40(2,3)59-34(53)25-48-39(58)49-31(38(57)62-43(10,11)12)18-13-15-19-47-37(56)30(44)17-14-16-22-50(26-32-45-20-23-51(32)28-35(54)60-41(4,5)6)27-33-46-21-24-52(33)29-36(55)61-42(7,8)9/h20-21,23-24,30-31H,13-19,22,25-29,44H2,1-12H3,(H,47,56)(H2,48,49,58). The molecule has 0 bridgehead atoms. The smallest absolute Gasteiger partial charge is 0.329 e. The van der Waals surface area contributed by atoms with Crippen LogP contribution in [-0.4, -0.2) is 114 Å². The van der Waals surface area contributed by atoms with E-state index in [1.807, 2.05) is 41.5 Å². The number of unbranched alkanes of at least 4 members (excludes halogenated alkanes) is 2. The molecule has 62 heavy (non-hydrogen) atoms. The van der Waals surface area contributed by atoms with Gasteiger partial charge in [0.15, 0.2) is 0 Å². The number of imidazole rings is 2. The van der Waals surface area contributed by atoms with Crippen LogP contribution in [0.3, 0.4) is 0 Å². The molecule has 2 unspecified atom stereocenters. The van der Waals surface area contributed by atoms with E-state index < -0.39 is 52.5 Å². The summed E-state index contributed by atoms with van der Waals surface area (Å²) < 4.78 is 25.2. The van der Waals surface area contributed by atoms with Crippen molar-refractivity contribution in [3.05, 3.63) is 36.4 Å². The summed E-state index contributed by atoms with van der Waals surface area (Å²) in [6.07, 6.45) is 9.63. The quantitative estimate of drug-likeness (QED) is 0.0704. The van der Waals surface area contributed by atoms with Gasteiger partial charge in [0.25, 0.3) is 0 Å². The molecule has 2 heterocycles. The van der Waals surface area contributed by atoms with Gasteiger partial charge in [-0.3, -0.25) is 24.1 Å². The van der Waals surface area contributed by atoms with Crippen molar-refractivity contribution in [2.24, 2.45) is 5.73 Å². The Morgan fingerprint density at radius 1 is 0.645 bits per heavy atom. The molecular weight excluding hydrogens is 803 g/mol. The van der Waals surface area contributed by atoms with Crippen molar-refractivity contribution in [1.82, 2.24) is 40.0 Å². The molecule has 19 nitrogen and oxygen atoms in total. The highest BCUT2D eigenvalue weighted by molar-refractivity contribution is 5.86. The molecule has 0 spiro atoms. The molecule has 350 valence electrons. The molecule has 0 aromatic carbocycles. The molecule has 0 aliphatic heterocycles. The number of ether oxygens (including phenoxy) is 4. The number of rotatable bonds is 23. The van der Waals surface area contributed by atoms with Crippen LogP contribution in [0.25, 0.3) is 0 Å². The Morgan fingerprint density at radius 2 is 1.11 bits per heavy atom. The molecule has 0 radical (unpaired) electrons. The summed E-state index contributed by atoms with van der Waals surface area (Å²) in [5.41, 5.74) is 3.52. The lowest BCUT2D eigenvalue weighted by atomic mass is 10.1. The first-order valence-electron chi connectivity index (χ1n) is 21.3. The minimum atomic E-state index is -0.986. The molecule has 2 rings (SSSR count). The Balaban J connectivity index is 1.96. The molecule has 0 saturated carbocycles. The van der Waals surface area contributed by atoms with E-state index in [4.69, 9.17) is 24.7 Å². The number of carbonyl (C=O) groups excluding carboxylic acids is 6. The second-order valence-electron chi connectivity index (χ2n) is 19.2. The van der Waals surface area contributed by atoms with E-state index in [2.05, 4.69) is 30.8 Å².